The molecule has 19 nitrogen and oxygen atoms in total. The Balaban J connectivity index is 1.38. The number of hydrogen-bond acceptors (Lipinski definition) is 12. The first-order valence-electron chi connectivity index (χ1n) is 24.4. The number of hydrogen-bond donors (Lipinski definition) is 7. The van der Waals surface area contributed by atoms with Gasteiger partial charge in [0.05, 0.1) is 45.5 Å². The first kappa shape index (κ1) is 58.7. The Bertz CT molecular complexity index is 3340. The Hall–Kier alpha value is -10.6. The van der Waals surface area contributed by atoms with Gasteiger partial charge in [0.25, 0.3) is 0 Å². The molecule has 410 valence electrons. The van der Waals surface area contributed by atoms with Gasteiger partial charge in [0.1, 0.15) is 23.0 Å². The fourth-order valence-electron chi connectivity index (χ4n) is 8.67. The first-order chi connectivity index (χ1) is 38.4. The van der Waals surface area contributed by atoms with Crippen LogP contribution >= 0.6 is 0 Å². The number of carbonyl (C=O) groups is 8. The molecule has 0 aliphatic rings. The minimum absolute atomic E-state index is 0.133. The zero-order valence-electron chi connectivity index (χ0n) is 43.6. The highest BCUT2D eigenvalue weighted by Gasteiger charge is 2.24. The maximum absolute atomic E-state index is 12.6. The van der Waals surface area contributed by atoms with Crippen LogP contribution in [0.3, 0.4) is 0 Å². The molecule has 3 amide bonds. The molecule has 0 aliphatic heterocycles. The average Bonchev–Trinajstić information content (AvgIpc) is 3.45. The van der Waals surface area contributed by atoms with Gasteiger partial charge in [-0.05, 0) is 111 Å². The lowest BCUT2D eigenvalue weighted by molar-refractivity contribution is -0.132. The Morgan fingerprint density at radius 2 is 0.688 bits per heavy atom. The number of allylic oxidation sites excluding steroid dienone is 1. The van der Waals surface area contributed by atoms with Crippen molar-refractivity contribution in [3.05, 3.63) is 209 Å². The molecule has 0 heterocycles. The molecular weight excluding hydrogens is 1030 g/mol. The van der Waals surface area contributed by atoms with Crippen LogP contribution in [-0.4, -0.2) is 96.2 Å². The summed E-state index contributed by atoms with van der Waals surface area (Å²) in [6.45, 7) is 0. The van der Waals surface area contributed by atoms with E-state index in [1.807, 2.05) is 72.8 Å². The van der Waals surface area contributed by atoms with E-state index in [-0.39, 0.29) is 35.1 Å². The number of ether oxygens (including phenoxy) is 4. The summed E-state index contributed by atoms with van der Waals surface area (Å²) in [6.07, 6.45) is 7.70. The second kappa shape index (κ2) is 28.0. The number of benzene rings is 6. The van der Waals surface area contributed by atoms with E-state index < -0.39 is 53.4 Å². The predicted molar refractivity (Wildman–Crippen MR) is 297 cm³/mol. The number of anilines is 3. The largest absolute Gasteiger partial charge is 0.496 e. The van der Waals surface area contributed by atoms with Crippen molar-refractivity contribution in [2.45, 2.75) is 31.1 Å². The van der Waals surface area contributed by atoms with Crippen molar-refractivity contribution in [2.75, 3.05) is 44.4 Å². The number of aryl methyl sites for hydroxylation is 1. The summed E-state index contributed by atoms with van der Waals surface area (Å²) in [4.78, 5) is 94.1. The predicted octanol–water partition coefficient (Wildman–Crippen LogP) is 9.02. The lowest BCUT2D eigenvalue weighted by Crippen LogP contribution is -2.12. The highest BCUT2D eigenvalue weighted by Crippen LogP contribution is 2.42. The molecule has 0 fully saturated rings. The summed E-state index contributed by atoms with van der Waals surface area (Å²) in [5.41, 5.74) is 8.07. The summed E-state index contributed by atoms with van der Waals surface area (Å²) in [6, 6.07) is 37.1. The van der Waals surface area contributed by atoms with E-state index in [0.717, 1.165) is 75.4 Å². The summed E-state index contributed by atoms with van der Waals surface area (Å²) in [7, 11) is 5.84. The fraction of sp³-hybridized carbons (Fsp3) is 0.148. The number of amides is 3. The van der Waals surface area contributed by atoms with Crippen LogP contribution < -0.4 is 34.9 Å². The summed E-state index contributed by atoms with van der Waals surface area (Å²) in [5, 5.41) is 43.9. The Morgan fingerprint density at radius 3 is 1.01 bits per heavy atom. The van der Waals surface area contributed by atoms with E-state index in [1.165, 1.54) is 21.3 Å². The molecule has 6 rings (SSSR count). The third-order valence-electron chi connectivity index (χ3n) is 12.3. The molecule has 0 aliphatic carbocycles. The number of nitrogens with one attached hydrogen (secondary N) is 3. The summed E-state index contributed by atoms with van der Waals surface area (Å²) in [5.74, 6) is -6.99. The molecular formula is C61H55N3O16. The SMILES string of the molecule is COc1cc(C(c2ccc(-c3ccc(C(c4ccc(NC(=O)/C=C/C(=O)O)c(OC)c4)c4ccc(NC(=O)/C=C/C(=O)O)c(OC)c4)cc3)cc2)c2ccc(NC(=O)/C=C/C(=O)O)c(OC)c2)ccc1CCCC(=O)/C=C/C(=O)O. The van der Waals surface area contributed by atoms with Crippen molar-refractivity contribution in [1.29, 1.82) is 0 Å². The first-order valence-corrected chi connectivity index (χ1v) is 24.4. The standard InChI is InChI=1S/C61H55N3O16/c1-77-49-32-41(17-12-38(49)6-5-7-45(65)21-28-56(69)70)60(42-18-22-46(50(33-42)78-2)62-53(66)25-29-57(71)72)39-13-8-36(9-14-39)37-10-15-40(16-11-37)61(43-19-23-47(51(34-43)79-3)63-54(67)26-30-58(73)74)44-20-24-48(52(35-44)80-4)64-55(68)27-31-59(75)76/h8-35,60-61H,5-7H2,1-4H3,(H,62,66)(H,63,67)(H,64,68)(H,69,70)(H,71,72)(H,73,74)(H,75,76)/b28-21+,29-25+,30-26+,31-27+. The van der Waals surface area contributed by atoms with Crippen molar-refractivity contribution < 1.29 is 77.7 Å². The maximum Gasteiger partial charge on any atom is 0.328 e. The van der Waals surface area contributed by atoms with Gasteiger partial charge in [-0.1, -0.05) is 78.9 Å². The van der Waals surface area contributed by atoms with Gasteiger partial charge in [0.2, 0.25) is 17.7 Å². The summed E-state index contributed by atoms with van der Waals surface area (Å²) >= 11 is 0. The lowest BCUT2D eigenvalue weighted by Gasteiger charge is -2.23. The van der Waals surface area contributed by atoms with E-state index in [9.17, 15) is 38.4 Å². The Morgan fingerprint density at radius 1 is 0.388 bits per heavy atom. The van der Waals surface area contributed by atoms with Crippen LogP contribution in [0.15, 0.2) is 170 Å². The van der Waals surface area contributed by atoms with Crippen LogP contribution in [-0.2, 0) is 44.8 Å². The second-order valence-corrected chi connectivity index (χ2v) is 17.5. The van der Waals surface area contributed by atoms with Crippen molar-refractivity contribution in [2.24, 2.45) is 0 Å². The van der Waals surface area contributed by atoms with Crippen LogP contribution in [0.2, 0.25) is 0 Å². The Kier molecular flexibility index (Phi) is 20.5. The van der Waals surface area contributed by atoms with Crippen molar-refractivity contribution in [3.63, 3.8) is 0 Å². The van der Waals surface area contributed by atoms with E-state index in [4.69, 9.17) is 39.4 Å². The number of ketones is 1. The molecule has 0 radical (unpaired) electrons. The molecule has 0 saturated heterocycles. The van der Waals surface area contributed by atoms with Gasteiger partial charge < -0.3 is 55.3 Å². The van der Waals surface area contributed by atoms with E-state index >= 15 is 0 Å². The third-order valence-corrected chi connectivity index (χ3v) is 12.3. The van der Waals surface area contributed by atoms with Crippen molar-refractivity contribution in [1.82, 2.24) is 0 Å². The lowest BCUT2D eigenvalue weighted by atomic mass is 9.83. The smallest absolute Gasteiger partial charge is 0.328 e. The third kappa shape index (κ3) is 16.2. The normalized spacial score (nSPS) is 11.6. The molecule has 1 atom stereocenters. The Labute approximate surface area is 459 Å². The van der Waals surface area contributed by atoms with Crippen LogP contribution in [0.5, 0.6) is 23.0 Å². The monoisotopic (exact) mass is 1090 g/mol. The number of rotatable bonds is 26. The van der Waals surface area contributed by atoms with Gasteiger partial charge in [-0.2, -0.15) is 0 Å². The number of carboxylic acids is 4. The minimum Gasteiger partial charge on any atom is -0.496 e. The quantitative estimate of drug-likeness (QED) is 0.0197. The van der Waals surface area contributed by atoms with Crippen molar-refractivity contribution >= 4 is 64.4 Å². The molecule has 6 aromatic carbocycles. The van der Waals surface area contributed by atoms with Crippen molar-refractivity contribution in [3.8, 4) is 34.1 Å². The van der Waals surface area contributed by atoms with E-state index in [1.54, 1.807) is 55.6 Å². The van der Waals surface area contributed by atoms with E-state index in [0.29, 0.717) is 53.3 Å². The highest BCUT2D eigenvalue weighted by molar-refractivity contribution is 6.05. The number of methoxy groups -OCH3 is 4. The van der Waals surface area contributed by atoms with Gasteiger partial charge in [-0.25, -0.2) is 19.2 Å². The number of carboxylic acid groups (broad SMARTS) is 4. The van der Waals surface area contributed by atoms with Crippen LogP contribution in [0, 0.1) is 0 Å². The molecule has 1 unspecified atom stereocenters. The topological polar surface area (TPSA) is 290 Å². The minimum atomic E-state index is -1.29. The molecule has 7 N–H and O–H groups in total. The number of carbonyl (C=O) groups excluding carboxylic acids is 4. The number of aliphatic carboxylic acids is 4. The molecule has 19 heteroatoms. The van der Waals surface area contributed by atoms with Crippen LogP contribution in [0.4, 0.5) is 17.1 Å². The zero-order valence-corrected chi connectivity index (χ0v) is 43.6. The molecule has 0 aromatic heterocycles. The zero-order chi connectivity index (χ0) is 57.9. The molecule has 80 heavy (non-hydrogen) atoms. The van der Waals surface area contributed by atoms with Gasteiger partial charge in [-0.15, -0.1) is 0 Å². The van der Waals surface area contributed by atoms with E-state index in [2.05, 4.69) is 16.0 Å². The second-order valence-electron chi connectivity index (χ2n) is 17.5. The maximum atomic E-state index is 12.6. The van der Waals surface area contributed by atoms with Gasteiger partial charge in [0, 0.05) is 60.8 Å². The molecule has 0 saturated carbocycles. The van der Waals surface area contributed by atoms with Gasteiger partial charge >= 0.3 is 23.9 Å². The fourth-order valence-corrected chi connectivity index (χ4v) is 8.67. The molecule has 0 spiro atoms. The molecule has 6 aromatic rings. The molecule has 0 bridgehead atoms. The van der Waals surface area contributed by atoms with Crippen LogP contribution in [0.1, 0.15) is 63.6 Å². The highest BCUT2D eigenvalue weighted by atomic mass is 16.5. The average molecular weight is 1090 g/mol. The van der Waals surface area contributed by atoms with Gasteiger partial charge in [0.15, 0.2) is 5.78 Å². The summed E-state index contributed by atoms with van der Waals surface area (Å²) < 4.78 is 23.0. The van der Waals surface area contributed by atoms with Gasteiger partial charge in [-0.3, -0.25) is 19.2 Å². The van der Waals surface area contributed by atoms with Crippen LogP contribution in [0.25, 0.3) is 11.1 Å².